The summed E-state index contributed by atoms with van der Waals surface area (Å²) in [5.41, 5.74) is 2.15. The van der Waals surface area contributed by atoms with E-state index in [9.17, 15) is 4.79 Å². The second-order valence-electron chi connectivity index (χ2n) is 5.79. The van der Waals surface area contributed by atoms with Gasteiger partial charge in [-0.3, -0.25) is 4.57 Å². The van der Waals surface area contributed by atoms with Crippen molar-refractivity contribution in [1.29, 1.82) is 0 Å². The maximum absolute atomic E-state index is 12.5. The van der Waals surface area contributed by atoms with Crippen molar-refractivity contribution in [1.82, 2.24) is 9.55 Å². The van der Waals surface area contributed by atoms with Gasteiger partial charge in [-0.1, -0.05) is 18.2 Å². The molecule has 1 aromatic heterocycles. The van der Waals surface area contributed by atoms with Crippen LogP contribution in [0.5, 0.6) is 11.5 Å². The smallest absolute Gasteiger partial charge is 0.348 e. The van der Waals surface area contributed by atoms with Gasteiger partial charge >= 0.3 is 5.69 Å². The second-order valence-corrected chi connectivity index (χ2v) is 5.79. The minimum atomic E-state index is -0.244. The number of aromatic nitrogens is 2. The molecule has 0 atom stereocenters. The molecule has 0 saturated heterocycles. The maximum Gasteiger partial charge on any atom is 0.348 e. The standard InChI is InChI=1S/C18H16N2O3/c1-11(2)20-14-6-4-3-5-13(14)17(19-18(20)21)12-7-8-15-16(9-12)23-10-22-15/h3-9,11H,10H2,1-2H3. The summed E-state index contributed by atoms with van der Waals surface area (Å²) in [6, 6.07) is 13.5. The lowest BCUT2D eigenvalue weighted by molar-refractivity contribution is 0.174. The SMILES string of the molecule is CC(C)n1c(=O)nc(-c2ccc3c(c2)OCO3)c2ccccc21. The third-order valence-corrected chi connectivity index (χ3v) is 3.99. The van der Waals surface area contributed by atoms with Gasteiger partial charge in [0.05, 0.1) is 11.2 Å². The summed E-state index contributed by atoms with van der Waals surface area (Å²) in [7, 11) is 0. The van der Waals surface area contributed by atoms with Crippen LogP contribution in [0.15, 0.2) is 47.3 Å². The molecule has 0 bridgehead atoms. The zero-order valence-electron chi connectivity index (χ0n) is 12.9. The predicted molar refractivity (Wildman–Crippen MR) is 87.9 cm³/mol. The summed E-state index contributed by atoms with van der Waals surface area (Å²) >= 11 is 0. The summed E-state index contributed by atoms with van der Waals surface area (Å²) in [5.74, 6) is 1.40. The number of hydrogen-bond acceptors (Lipinski definition) is 4. The average molecular weight is 308 g/mol. The number of rotatable bonds is 2. The van der Waals surface area contributed by atoms with E-state index in [4.69, 9.17) is 9.47 Å². The Balaban J connectivity index is 2.01. The summed E-state index contributed by atoms with van der Waals surface area (Å²) in [4.78, 5) is 16.8. The molecule has 116 valence electrons. The Morgan fingerprint density at radius 2 is 1.87 bits per heavy atom. The van der Waals surface area contributed by atoms with Gasteiger partial charge in [-0.25, -0.2) is 4.79 Å². The lowest BCUT2D eigenvalue weighted by Gasteiger charge is -2.15. The van der Waals surface area contributed by atoms with Crippen LogP contribution < -0.4 is 15.2 Å². The molecule has 5 nitrogen and oxygen atoms in total. The first kappa shape index (κ1) is 13.8. The van der Waals surface area contributed by atoms with E-state index in [1.165, 1.54) is 0 Å². The highest BCUT2D eigenvalue weighted by molar-refractivity contribution is 5.92. The highest BCUT2D eigenvalue weighted by Gasteiger charge is 2.17. The lowest BCUT2D eigenvalue weighted by Crippen LogP contribution is -2.25. The molecule has 5 heteroatoms. The summed E-state index contributed by atoms with van der Waals surface area (Å²) < 4.78 is 12.5. The van der Waals surface area contributed by atoms with Gasteiger partial charge < -0.3 is 9.47 Å². The van der Waals surface area contributed by atoms with Gasteiger partial charge in [0.1, 0.15) is 0 Å². The van der Waals surface area contributed by atoms with Gasteiger partial charge in [0.25, 0.3) is 0 Å². The van der Waals surface area contributed by atoms with Crippen LogP contribution in [0.2, 0.25) is 0 Å². The fraction of sp³-hybridized carbons (Fsp3) is 0.222. The number of benzene rings is 2. The quantitative estimate of drug-likeness (QED) is 0.728. The van der Waals surface area contributed by atoms with E-state index in [0.717, 1.165) is 16.5 Å². The average Bonchev–Trinajstić information content (AvgIpc) is 3.01. The fourth-order valence-electron chi connectivity index (χ4n) is 2.96. The van der Waals surface area contributed by atoms with Crippen molar-refractivity contribution in [2.24, 2.45) is 0 Å². The van der Waals surface area contributed by atoms with Gasteiger partial charge in [0.2, 0.25) is 6.79 Å². The van der Waals surface area contributed by atoms with Crippen molar-refractivity contribution in [2.45, 2.75) is 19.9 Å². The molecular weight excluding hydrogens is 292 g/mol. The van der Waals surface area contributed by atoms with E-state index in [1.54, 1.807) is 4.57 Å². The van der Waals surface area contributed by atoms with Gasteiger partial charge in [0, 0.05) is 17.0 Å². The van der Waals surface area contributed by atoms with Crippen LogP contribution >= 0.6 is 0 Å². The maximum atomic E-state index is 12.5. The van der Waals surface area contributed by atoms with Crippen LogP contribution in [-0.4, -0.2) is 16.3 Å². The Bertz CT molecular complexity index is 960. The van der Waals surface area contributed by atoms with Gasteiger partial charge in [-0.15, -0.1) is 0 Å². The van der Waals surface area contributed by atoms with Crippen LogP contribution in [0.1, 0.15) is 19.9 Å². The molecule has 0 spiro atoms. The van der Waals surface area contributed by atoms with E-state index >= 15 is 0 Å². The van der Waals surface area contributed by atoms with E-state index in [-0.39, 0.29) is 18.5 Å². The molecule has 2 heterocycles. The number of ether oxygens (including phenoxy) is 2. The van der Waals surface area contributed by atoms with Crippen molar-refractivity contribution in [3.05, 3.63) is 52.9 Å². The number of hydrogen-bond donors (Lipinski definition) is 0. The molecular formula is C18H16N2O3. The Kier molecular flexibility index (Phi) is 3.08. The largest absolute Gasteiger partial charge is 0.454 e. The highest BCUT2D eigenvalue weighted by Crippen LogP contribution is 2.36. The third kappa shape index (κ3) is 2.16. The Hall–Kier alpha value is -2.82. The predicted octanol–water partition coefficient (Wildman–Crippen LogP) is 3.37. The van der Waals surface area contributed by atoms with Gasteiger partial charge in [-0.05, 0) is 38.1 Å². The Morgan fingerprint density at radius 1 is 1.09 bits per heavy atom. The fourth-order valence-corrected chi connectivity index (χ4v) is 2.96. The minimum absolute atomic E-state index is 0.0469. The van der Waals surface area contributed by atoms with E-state index in [1.807, 2.05) is 56.3 Å². The molecule has 0 fully saturated rings. The van der Waals surface area contributed by atoms with Crippen molar-refractivity contribution < 1.29 is 9.47 Å². The molecule has 23 heavy (non-hydrogen) atoms. The molecule has 0 amide bonds. The molecule has 4 rings (SSSR count). The van der Waals surface area contributed by atoms with Gasteiger partial charge in [0.15, 0.2) is 11.5 Å². The van der Waals surface area contributed by atoms with E-state index in [0.29, 0.717) is 17.2 Å². The number of nitrogens with zero attached hydrogens (tertiary/aromatic N) is 2. The second kappa shape index (κ2) is 5.12. The topological polar surface area (TPSA) is 53.4 Å². The Labute approximate surface area is 133 Å². The molecule has 1 aliphatic heterocycles. The van der Waals surface area contributed by atoms with Gasteiger partial charge in [-0.2, -0.15) is 4.98 Å². The van der Waals surface area contributed by atoms with Crippen molar-refractivity contribution >= 4 is 10.9 Å². The summed E-state index contributed by atoms with van der Waals surface area (Å²) in [5, 5.41) is 0.944. The first-order chi connectivity index (χ1) is 11.1. The molecule has 0 radical (unpaired) electrons. The van der Waals surface area contributed by atoms with Crippen LogP contribution in [0.4, 0.5) is 0 Å². The molecule has 0 N–H and O–H groups in total. The first-order valence-electron chi connectivity index (χ1n) is 7.56. The lowest BCUT2D eigenvalue weighted by atomic mass is 10.1. The summed E-state index contributed by atoms with van der Waals surface area (Å²) in [6.07, 6.45) is 0. The number of fused-ring (bicyclic) bond motifs is 2. The Morgan fingerprint density at radius 3 is 2.70 bits per heavy atom. The van der Waals surface area contributed by atoms with Crippen LogP contribution in [-0.2, 0) is 0 Å². The van der Waals surface area contributed by atoms with E-state index < -0.39 is 0 Å². The van der Waals surface area contributed by atoms with E-state index in [2.05, 4.69) is 4.98 Å². The molecule has 1 aliphatic rings. The van der Waals surface area contributed by atoms with Crippen molar-refractivity contribution in [3.63, 3.8) is 0 Å². The van der Waals surface area contributed by atoms with Crippen molar-refractivity contribution in [3.8, 4) is 22.8 Å². The minimum Gasteiger partial charge on any atom is -0.454 e. The molecule has 0 unspecified atom stereocenters. The van der Waals surface area contributed by atoms with Crippen molar-refractivity contribution in [2.75, 3.05) is 6.79 Å². The highest BCUT2D eigenvalue weighted by atomic mass is 16.7. The molecule has 3 aromatic rings. The van der Waals surface area contributed by atoms with Crippen LogP contribution in [0.25, 0.3) is 22.2 Å². The zero-order valence-corrected chi connectivity index (χ0v) is 12.9. The molecule has 2 aromatic carbocycles. The third-order valence-electron chi connectivity index (χ3n) is 3.99. The monoisotopic (exact) mass is 308 g/mol. The molecule has 0 aliphatic carbocycles. The summed E-state index contributed by atoms with van der Waals surface area (Å²) in [6.45, 7) is 4.19. The number of para-hydroxylation sites is 1. The zero-order chi connectivity index (χ0) is 16.0. The first-order valence-corrected chi connectivity index (χ1v) is 7.56. The normalized spacial score (nSPS) is 13.0. The molecule has 0 saturated carbocycles. The van der Waals surface area contributed by atoms with Crippen LogP contribution in [0, 0.1) is 0 Å². The van der Waals surface area contributed by atoms with Crippen LogP contribution in [0.3, 0.4) is 0 Å².